The van der Waals surface area contributed by atoms with Crippen LogP contribution in [-0.2, 0) is 9.47 Å². The Labute approximate surface area is 218 Å². The zero-order valence-electron chi connectivity index (χ0n) is 23.7. The van der Waals surface area contributed by atoms with Gasteiger partial charge in [0.2, 0.25) is 5.91 Å². The summed E-state index contributed by atoms with van der Waals surface area (Å²) in [5, 5.41) is 18.8. The summed E-state index contributed by atoms with van der Waals surface area (Å²) in [6.07, 6.45) is 26.7. The molecule has 0 saturated heterocycles. The van der Waals surface area contributed by atoms with Crippen molar-refractivity contribution in [1.82, 2.24) is 0 Å². The van der Waals surface area contributed by atoms with Crippen LogP contribution in [0.2, 0.25) is 0 Å². The number of nitrogens with two attached hydrogens (primary N) is 1. The summed E-state index contributed by atoms with van der Waals surface area (Å²) in [6, 6.07) is 0. The van der Waals surface area contributed by atoms with Crippen LogP contribution in [0, 0.1) is 0 Å². The first-order chi connectivity index (χ1) is 16.9. The van der Waals surface area contributed by atoms with E-state index in [9.17, 15) is 10.2 Å². The summed E-state index contributed by atoms with van der Waals surface area (Å²) >= 11 is 0. The fourth-order valence-electron chi connectivity index (χ4n) is 4.20. The Balaban J connectivity index is 3.94. The molecule has 0 radical (unpaired) electrons. The number of rotatable bonds is 27. The van der Waals surface area contributed by atoms with E-state index in [1.54, 1.807) is 0 Å². The molecule has 5 nitrogen and oxygen atoms in total. The van der Waals surface area contributed by atoms with Crippen molar-refractivity contribution in [2.24, 2.45) is 5.73 Å². The van der Waals surface area contributed by atoms with Crippen LogP contribution in [-0.4, -0.2) is 41.5 Å². The van der Waals surface area contributed by atoms with Crippen molar-refractivity contribution in [3.63, 3.8) is 0 Å². The second-order valence-electron chi connectivity index (χ2n) is 10.5. The van der Waals surface area contributed by atoms with Gasteiger partial charge < -0.3 is 19.7 Å². The molecule has 0 spiro atoms. The Kier molecular flexibility index (Phi) is 24.9. The molecule has 0 aromatic heterocycles. The molecule has 0 saturated carbocycles. The highest BCUT2D eigenvalue weighted by atomic mass is 16.7. The van der Waals surface area contributed by atoms with Crippen molar-refractivity contribution >= 4 is 0 Å². The van der Waals surface area contributed by atoms with Crippen LogP contribution in [0.3, 0.4) is 0 Å². The van der Waals surface area contributed by atoms with Crippen molar-refractivity contribution in [3.8, 4) is 0 Å². The summed E-state index contributed by atoms with van der Waals surface area (Å²) in [6.45, 7) is 7.02. The summed E-state index contributed by atoms with van der Waals surface area (Å²) in [4.78, 5) is 0. The van der Waals surface area contributed by atoms with Crippen LogP contribution < -0.4 is 5.73 Å². The number of hydrogen-bond acceptors (Lipinski definition) is 5. The molecule has 0 rings (SSSR count). The monoisotopic (exact) mass is 499 g/mol. The second kappa shape index (κ2) is 25.2. The van der Waals surface area contributed by atoms with Crippen molar-refractivity contribution < 1.29 is 19.7 Å². The molecule has 5 heteroatoms. The Bertz CT molecular complexity index is 436. The van der Waals surface area contributed by atoms with Crippen molar-refractivity contribution in [3.05, 3.63) is 12.2 Å². The lowest BCUT2D eigenvalue weighted by molar-refractivity contribution is -0.239. The average Bonchev–Trinajstić information content (AvgIpc) is 2.81. The van der Waals surface area contributed by atoms with Crippen molar-refractivity contribution in [2.75, 3.05) is 13.2 Å². The second-order valence-corrected chi connectivity index (χ2v) is 10.5. The third kappa shape index (κ3) is 26.4. The van der Waals surface area contributed by atoms with Gasteiger partial charge in [0.1, 0.15) is 0 Å². The van der Waals surface area contributed by atoms with Gasteiger partial charge >= 0.3 is 0 Å². The zero-order chi connectivity index (χ0) is 26.0. The van der Waals surface area contributed by atoms with E-state index in [1.165, 1.54) is 70.6 Å². The Morgan fingerprint density at radius 3 is 1.51 bits per heavy atom. The van der Waals surface area contributed by atoms with E-state index >= 15 is 0 Å². The van der Waals surface area contributed by atoms with Crippen LogP contribution >= 0.6 is 0 Å². The van der Waals surface area contributed by atoms with E-state index in [-0.39, 0.29) is 12.2 Å². The van der Waals surface area contributed by atoms with Gasteiger partial charge in [0.05, 0.1) is 25.4 Å². The molecule has 0 bridgehead atoms. The Morgan fingerprint density at radius 2 is 1.06 bits per heavy atom. The van der Waals surface area contributed by atoms with Crippen LogP contribution in [0.1, 0.15) is 149 Å². The fraction of sp³-hybridized carbons (Fsp3) is 0.933. The van der Waals surface area contributed by atoms with Crippen molar-refractivity contribution in [2.45, 2.75) is 167 Å². The summed E-state index contributed by atoms with van der Waals surface area (Å²) in [5.41, 5.74) is 6.48. The third-order valence-electron chi connectivity index (χ3n) is 6.51. The largest absolute Gasteiger partial charge is 0.393 e. The molecule has 0 amide bonds. The first-order valence-electron chi connectivity index (χ1n) is 15.0. The summed E-state index contributed by atoms with van der Waals surface area (Å²) < 4.78 is 11.9. The van der Waals surface area contributed by atoms with Crippen LogP contribution in [0.5, 0.6) is 0 Å². The van der Waals surface area contributed by atoms with Gasteiger partial charge in [0, 0.05) is 6.42 Å². The molecule has 0 aliphatic carbocycles. The molecule has 35 heavy (non-hydrogen) atoms. The Morgan fingerprint density at radius 1 is 0.629 bits per heavy atom. The van der Waals surface area contributed by atoms with Gasteiger partial charge in [0.25, 0.3) is 0 Å². The normalized spacial score (nSPS) is 15.5. The fourth-order valence-corrected chi connectivity index (χ4v) is 4.20. The maximum Gasteiger partial charge on any atom is 0.224 e. The van der Waals surface area contributed by atoms with E-state index in [0.29, 0.717) is 19.6 Å². The lowest BCUT2D eigenvalue weighted by Crippen LogP contribution is -2.46. The van der Waals surface area contributed by atoms with Gasteiger partial charge in [-0.15, -0.1) is 0 Å². The average molecular weight is 500 g/mol. The SMILES string of the molecule is CCCCCCCC/C=C\CCCCCCCC(N)(OCCCCC(C)O)OCCCCC(C)O. The van der Waals surface area contributed by atoms with Gasteiger partial charge in [-0.25, -0.2) is 0 Å². The van der Waals surface area contributed by atoms with E-state index in [1.807, 2.05) is 13.8 Å². The third-order valence-corrected chi connectivity index (χ3v) is 6.51. The van der Waals surface area contributed by atoms with Gasteiger partial charge in [-0.05, 0) is 84.5 Å². The zero-order valence-corrected chi connectivity index (χ0v) is 23.7. The quantitative estimate of drug-likeness (QED) is 0.0610. The smallest absolute Gasteiger partial charge is 0.224 e. The Hall–Kier alpha value is -0.460. The minimum Gasteiger partial charge on any atom is -0.393 e. The molecule has 210 valence electrons. The molecular weight excluding hydrogens is 438 g/mol. The number of unbranched alkanes of at least 4 members (excludes halogenated alkanes) is 13. The summed E-state index contributed by atoms with van der Waals surface area (Å²) in [7, 11) is 0. The first-order valence-corrected chi connectivity index (χ1v) is 15.0. The van der Waals surface area contributed by atoms with Crippen LogP contribution in [0.4, 0.5) is 0 Å². The number of allylic oxidation sites excluding steroid dienone is 2. The first kappa shape index (κ1) is 34.5. The molecule has 0 aromatic carbocycles. The van der Waals surface area contributed by atoms with Gasteiger partial charge in [-0.3, -0.25) is 5.73 Å². The van der Waals surface area contributed by atoms with Crippen LogP contribution in [0.25, 0.3) is 0 Å². The standard InChI is InChI=1S/C30H61NO4/c1-4-5-6-7-8-9-10-11-12-13-14-15-16-17-20-25-30(31,34-26-21-18-23-28(2)32)35-27-22-19-24-29(3)33/h11-12,28-29,32-33H,4-10,13-27,31H2,1-3H3/b12-11-. The minimum absolute atomic E-state index is 0.265. The number of ether oxygens (including phenoxy) is 2. The number of aliphatic hydroxyl groups is 2. The highest BCUT2D eigenvalue weighted by Gasteiger charge is 2.26. The van der Waals surface area contributed by atoms with Gasteiger partial charge in [0.15, 0.2) is 0 Å². The predicted octanol–water partition coefficient (Wildman–Crippen LogP) is 7.77. The topological polar surface area (TPSA) is 84.9 Å². The minimum atomic E-state index is -1.02. The highest BCUT2D eigenvalue weighted by molar-refractivity contribution is 4.81. The number of aliphatic hydroxyl groups excluding tert-OH is 2. The van der Waals surface area contributed by atoms with Gasteiger partial charge in [-0.1, -0.05) is 70.4 Å². The molecule has 0 fully saturated rings. The maximum atomic E-state index is 9.41. The van der Waals surface area contributed by atoms with E-state index in [4.69, 9.17) is 15.2 Å². The molecule has 0 aliphatic rings. The molecule has 2 atom stereocenters. The lowest BCUT2D eigenvalue weighted by Gasteiger charge is -2.30. The predicted molar refractivity (Wildman–Crippen MR) is 149 cm³/mol. The summed E-state index contributed by atoms with van der Waals surface area (Å²) in [5.74, 6) is -1.02. The molecule has 0 aromatic rings. The van der Waals surface area contributed by atoms with Gasteiger partial charge in [-0.2, -0.15) is 0 Å². The molecular formula is C30H61NO4. The van der Waals surface area contributed by atoms with Crippen LogP contribution in [0.15, 0.2) is 12.2 Å². The molecule has 4 N–H and O–H groups in total. The van der Waals surface area contributed by atoms with E-state index < -0.39 is 5.91 Å². The van der Waals surface area contributed by atoms with E-state index in [0.717, 1.165) is 51.4 Å². The maximum absolute atomic E-state index is 9.41. The van der Waals surface area contributed by atoms with E-state index in [2.05, 4.69) is 19.1 Å². The highest BCUT2D eigenvalue weighted by Crippen LogP contribution is 2.19. The molecule has 0 heterocycles. The molecule has 0 aliphatic heterocycles. The van der Waals surface area contributed by atoms with Crippen molar-refractivity contribution in [1.29, 1.82) is 0 Å². The lowest BCUT2D eigenvalue weighted by atomic mass is 10.1. The molecule has 2 unspecified atom stereocenters. The number of hydrogen-bond donors (Lipinski definition) is 3.